The minimum Gasteiger partial charge on any atom is -0.384 e. The third-order valence-electron chi connectivity index (χ3n) is 5.92. The van der Waals surface area contributed by atoms with Crippen molar-refractivity contribution in [3.8, 4) is 11.1 Å². The fraction of sp³-hybridized carbons (Fsp3) is 0.286. The first kappa shape index (κ1) is 31.6. The Kier molecular flexibility index (Phi) is 11.5. The molecule has 214 valence electrons. The topological polar surface area (TPSA) is 125 Å². The van der Waals surface area contributed by atoms with E-state index in [1.54, 1.807) is 48.5 Å². The smallest absolute Gasteiger partial charge is 0.264 e. The van der Waals surface area contributed by atoms with Gasteiger partial charge in [-0.2, -0.15) is 12.6 Å². The minimum absolute atomic E-state index is 0.153. The van der Waals surface area contributed by atoms with E-state index < -0.39 is 22.0 Å². The first-order valence-corrected chi connectivity index (χ1v) is 14.9. The third-order valence-corrected chi connectivity index (χ3v) is 8.00. The van der Waals surface area contributed by atoms with Gasteiger partial charge in [-0.25, -0.2) is 17.5 Å². The quantitative estimate of drug-likeness (QED) is 0.150. The Morgan fingerprint density at radius 1 is 1.05 bits per heavy atom. The van der Waals surface area contributed by atoms with E-state index in [2.05, 4.69) is 23.3 Å². The van der Waals surface area contributed by atoms with Crippen molar-refractivity contribution in [2.45, 2.75) is 42.6 Å². The monoisotopic (exact) mass is 607 g/mol. The van der Waals surface area contributed by atoms with Crippen LogP contribution in [0.2, 0.25) is 5.02 Å². The summed E-state index contributed by atoms with van der Waals surface area (Å²) < 4.78 is 41.2. The molecule has 12 heteroatoms. The molecular formula is C28H31ClFN3O5S2. The van der Waals surface area contributed by atoms with Crippen molar-refractivity contribution < 1.29 is 27.5 Å². The second kappa shape index (κ2) is 14.6. The Morgan fingerprint density at radius 3 is 2.45 bits per heavy atom. The van der Waals surface area contributed by atoms with E-state index >= 15 is 0 Å². The van der Waals surface area contributed by atoms with Crippen LogP contribution in [0, 0.1) is 5.82 Å². The second-order valence-corrected chi connectivity index (χ2v) is 11.9. The number of aliphatic hydroxyl groups excluding tert-OH is 1. The third kappa shape index (κ3) is 9.03. The predicted molar refractivity (Wildman–Crippen MR) is 156 cm³/mol. The van der Waals surface area contributed by atoms with Gasteiger partial charge in [0.2, 0.25) is 5.91 Å². The summed E-state index contributed by atoms with van der Waals surface area (Å²) in [6.45, 7) is 2.30. The zero-order valence-corrected chi connectivity index (χ0v) is 24.2. The van der Waals surface area contributed by atoms with Crippen LogP contribution in [0.3, 0.4) is 0 Å². The van der Waals surface area contributed by atoms with Crippen molar-refractivity contribution in [3.63, 3.8) is 0 Å². The van der Waals surface area contributed by atoms with Crippen LogP contribution in [-0.4, -0.2) is 49.8 Å². The maximum Gasteiger partial charge on any atom is 0.264 e. The number of aliphatic hydroxyl groups is 1. The number of halogens is 2. The summed E-state index contributed by atoms with van der Waals surface area (Å²) in [4.78, 5) is 23.8. The number of thiol groups is 1. The van der Waals surface area contributed by atoms with E-state index in [0.29, 0.717) is 47.8 Å². The number of carbonyl (C=O) groups excluding carboxylic acids is 2. The van der Waals surface area contributed by atoms with Crippen LogP contribution >= 0.6 is 24.2 Å². The van der Waals surface area contributed by atoms with Crippen molar-refractivity contribution in [1.29, 1.82) is 0 Å². The molecule has 0 fully saturated rings. The van der Waals surface area contributed by atoms with Gasteiger partial charge in [-0.1, -0.05) is 60.1 Å². The average molecular weight is 608 g/mol. The number of amides is 2. The van der Waals surface area contributed by atoms with Crippen molar-refractivity contribution >= 4 is 46.1 Å². The Morgan fingerprint density at radius 2 is 1.75 bits per heavy atom. The van der Waals surface area contributed by atoms with Crippen LogP contribution in [0.25, 0.3) is 11.1 Å². The number of sulfonamides is 1. The van der Waals surface area contributed by atoms with Crippen LogP contribution in [0.1, 0.15) is 24.5 Å². The molecule has 0 aliphatic heterocycles. The van der Waals surface area contributed by atoms with E-state index in [1.165, 1.54) is 25.1 Å². The zero-order valence-electron chi connectivity index (χ0n) is 21.7. The average Bonchev–Trinajstić information content (AvgIpc) is 2.91. The van der Waals surface area contributed by atoms with Crippen molar-refractivity contribution in [1.82, 2.24) is 15.4 Å². The van der Waals surface area contributed by atoms with Gasteiger partial charge in [0.05, 0.1) is 4.90 Å². The van der Waals surface area contributed by atoms with Crippen molar-refractivity contribution in [2.75, 3.05) is 13.1 Å². The summed E-state index contributed by atoms with van der Waals surface area (Å²) in [5.74, 6) is -1.49. The Labute approximate surface area is 243 Å². The molecule has 0 radical (unpaired) electrons. The molecule has 40 heavy (non-hydrogen) atoms. The summed E-state index contributed by atoms with van der Waals surface area (Å²) in [6, 6.07) is 17.7. The summed E-state index contributed by atoms with van der Waals surface area (Å²) in [6.07, 6.45) is -0.859. The number of carbonyl (C=O) groups is 2. The molecule has 3 aromatic rings. The van der Waals surface area contributed by atoms with Gasteiger partial charge in [0.25, 0.3) is 15.9 Å². The molecule has 0 spiro atoms. The molecule has 0 unspecified atom stereocenters. The van der Waals surface area contributed by atoms with Gasteiger partial charge in [0.15, 0.2) is 0 Å². The molecule has 0 aliphatic carbocycles. The standard InChI is InChI=1S/C28H31ClFN3O5S2/c1-18(34)28(36)33-40(37,38)26-9-5-3-7-23(26)22-11-10-19(14-24(22)29)16-31-13-12-27(35)32-17-21(39)15-20-6-2-4-8-25(20)30/h2-11,14,18,21,31,34,39H,12-13,15-17H2,1H3,(H,32,35)(H,33,36)/t18-,21+/m0/s1. The molecule has 0 heterocycles. The molecule has 8 nitrogen and oxygen atoms in total. The van der Waals surface area contributed by atoms with E-state index in [-0.39, 0.29) is 28.3 Å². The number of rotatable bonds is 13. The Hall–Kier alpha value is -2.96. The highest BCUT2D eigenvalue weighted by Gasteiger charge is 2.24. The largest absolute Gasteiger partial charge is 0.384 e. The molecule has 2 atom stereocenters. The van der Waals surface area contributed by atoms with Crippen LogP contribution in [-0.2, 0) is 32.6 Å². The van der Waals surface area contributed by atoms with E-state index in [0.717, 1.165) is 5.56 Å². The summed E-state index contributed by atoms with van der Waals surface area (Å²) in [5, 5.41) is 15.4. The molecule has 3 rings (SSSR count). The SMILES string of the molecule is C[C@H](O)C(=O)NS(=O)(=O)c1ccccc1-c1ccc(CNCCC(=O)NC[C@H](S)Cc2ccccc2F)cc1Cl. The maximum atomic E-state index is 13.8. The van der Waals surface area contributed by atoms with Gasteiger partial charge in [-0.3, -0.25) is 9.59 Å². The van der Waals surface area contributed by atoms with Gasteiger partial charge in [0, 0.05) is 47.5 Å². The molecular weight excluding hydrogens is 577 g/mol. The minimum atomic E-state index is -4.25. The summed E-state index contributed by atoms with van der Waals surface area (Å²) in [5.41, 5.74) is 2.12. The molecule has 0 saturated carbocycles. The highest BCUT2D eigenvalue weighted by molar-refractivity contribution is 7.90. The van der Waals surface area contributed by atoms with E-state index in [4.69, 9.17) is 11.6 Å². The molecule has 2 amide bonds. The Balaban J connectivity index is 1.52. The zero-order chi connectivity index (χ0) is 29.3. The van der Waals surface area contributed by atoms with Crippen LogP contribution in [0.4, 0.5) is 4.39 Å². The lowest BCUT2D eigenvalue weighted by molar-refractivity contribution is -0.126. The summed E-state index contributed by atoms with van der Waals surface area (Å²) in [7, 11) is -4.25. The fourth-order valence-corrected chi connectivity index (χ4v) is 5.69. The lowest BCUT2D eigenvalue weighted by atomic mass is 10.0. The second-order valence-electron chi connectivity index (χ2n) is 9.14. The van der Waals surface area contributed by atoms with Gasteiger partial charge in [-0.05, 0) is 42.7 Å². The lowest BCUT2D eigenvalue weighted by Crippen LogP contribution is -2.37. The molecule has 0 saturated heterocycles. The first-order chi connectivity index (χ1) is 19.0. The van der Waals surface area contributed by atoms with Gasteiger partial charge in [-0.15, -0.1) is 0 Å². The molecule has 3 aromatic carbocycles. The van der Waals surface area contributed by atoms with E-state index in [1.807, 2.05) is 4.72 Å². The highest BCUT2D eigenvalue weighted by Crippen LogP contribution is 2.33. The van der Waals surface area contributed by atoms with Gasteiger partial charge in [0.1, 0.15) is 11.9 Å². The van der Waals surface area contributed by atoms with Gasteiger partial charge < -0.3 is 15.7 Å². The van der Waals surface area contributed by atoms with Crippen LogP contribution < -0.4 is 15.4 Å². The highest BCUT2D eigenvalue weighted by atomic mass is 35.5. The number of nitrogens with one attached hydrogen (secondary N) is 3. The van der Waals surface area contributed by atoms with E-state index in [9.17, 15) is 27.5 Å². The number of benzene rings is 3. The van der Waals surface area contributed by atoms with Crippen molar-refractivity contribution in [2.24, 2.45) is 0 Å². The molecule has 4 N–H and O–H groups in total. The first-order valence-electron chi connectivity index (χ1n) is 12.5. The maximum absolute atomic E-state index is 13.8. The molecule has 0 aromatic heterocycles. The van der Waals surface area contributed by atoms with Crippen molar-refractivity contribution in [3.05, 3.63) is 88.7 Å². The number of hydrogen-bond donors (Lipinski definition) is 5. The fourth-order valence-electron chi connectivity index (χ4n) is 3.83. The summed E-state index contributed by atoms with van der Waals surface area (Å²) >= 11 is 10.9. The predicted octanol–water partition coefficient (Wildman–Crippen LogP) is 3.47. The normalized spacial score (nSPS) is 12.9. The molecule has 0 aliphatic rings. The molecule has 0 bridgehead atoms. The Bertz CT molecular complexity index is 1450. The lowest BCUT2D eigenvalue weighted by Gasteiger charge is -2.14. The van der Waals surface area contributed by atoms with Crippen LogP contribution in [0.15, 0.2) is 71.6 Å². The van der Waals surface area contributed by atoms with Gasteiger partial charge >= 0.3 is 0 Å². The number of hydrogen-bond acceptors (Lipinski definition) is 7. The van der Waals surface area contributed by atoms with Crippen LogP contribution in [0.5, 0.6) is 0 Å².